The SMILES string of the molecule is CSCCCNCc1ccc(C)cc1C. The average molecular weight is 223 g/mol. The van der Waals surface area contributed by atoms with Crippen molar-refractivity contribution in [2.75, 3.05) is 18.6 Å². The zero-order valence-corrected chi connectivity index (χ0v) is 10.8. The van der Waals surface area contributed by atoms with Gasteiger partial charge in [0.25, 0.3) is 0 Å². The highest BCUT2D eigenvalue weighted by molar-refractivity contribution is 7.98. The van der Waals surface area contributed by atoms with Gasteiger partial charge in [0.15, 0.2) is 0 Å². The second kappa shape index (κ2) is 6.91. The number of nitrogens with one attached hydrogen (secondary N) is 1. The van der Waals surface area contributed by atoms with Crippen molar-refractivity contribution in [3.05, 3.63) is 34.9 Å². The van der Waals surface area contributed by atoms with E-state index in [2.05, 4.69) is 43.6 Å². The van der Waals surface area contributed by atoms with Gasteiger partial charge in [-0.15, -0.1) is 0 Å². The fourth-order valence-electron chi connectivity index (χ4n) is 1.61. The van der Waals surface area contributed by atoms with Crippen molar-refractivity contribution in [1.29, 1.82) is 0 Å². The Labute approximate surface area is 97.7 Å². The minimum absolute atomic E-state index is 1.00. The molecule has 84 valence electrons. The maximum absolute atomic E-state index is 3.48. The van der Waals surface area contributed by atoms with Gasteiger partial charge in [-0.05, 0) is 49.9 Å². The van der Waals surface area contributed by atoms with Crippen molar-refractivity contribution in [2.24, 2.45) is 0 Å². The van der Waals surface area contributed by atoms with Crippen LogP contribution in [0.2, 0.25) is 0 Å². The highest BCUT2D eigenvalue weighted by Gasteiger charge is 1.97. The van der Waals surface area contributed by atoms with Crippen molar-refractivity contribution in [1.82, 2.24) is 5.32 Å². The molecule has 0 aliphatic carbocycles. The van der Waals surface area contributed by atoms with Gasteiger partial charge in [0.2, 0.25) is 0 Å². The summed E-state index contributed by atoms with van der Waals surface area (Å²) in [6.07, 6.45) is 3.41. The van der Waals surface area contributed by atoms with Crippen LogP contribution in [-0.2, 0) is 6.54 Å². The number of thioether (sulfide) groups is 1. The van der Waals surface area contributed by atoms with Gasteiger partial charge in [-0.3, -0.25) is 0 Å². The van der Waals surface area contributed by atoms with Crippen LogP contribution < -0.4 is 5.32 Å². The number of aryl methyl sites for hydroxylation is 2. The summed E-state index contributed by atoms with van der Waals surface area (Å²) in [5, 5.41) is 3.48. The minimum atomic E-state index is 1.00. The molecule has 0 bridgehead atoms. The molecule has 0 aliphatic heterocycles. The average Bonchev–Trinajstić information content (AvgIpc) is 2.20. The van der Waals surface area contributed by atoms with Crippen LogP contribution in [0, 0.1) is 13.8 Å². The zero-order valence-electron chi connectivity index (χ0n) is 9.97. The second-order valence-electron chi connectivity index (χ2n) is 3.95. The molecular formula is C13H21NS. The molecule has 1 rings (SSSR count). The van der Waals surface area contributed by atoms with Crippen LogP contribution in [-0.4, -0.2) is 18.6 Å². The maximum atomic E-state index is 3.48. The van der Waals surface area contributed by atoms with Gasteiger partial charge in [-0.1, -0.05) is 23.8 Å². The predicted octanol–water partition coefficient (Wildman–Crippen LogP) is 3.15. The molecule has 0 radical (unpaired) electrons. The minimum Gasteiger partial charge on any atom is -0.313 e. The molecule has 0 unspecified atom stereocenters. The van der Waals surface area contributed by atoms with Crippen molar-refractivity contribution in [2.45, 2.75) is 26.8 Å². The molecule has 1 aromatic carbocycles. The first-order valence-electron chi connectivity index (χ1n) is 5.50. The molecule has 0 aliphatic rings. The molecule has 1 aromatic rings. The summed E-state index contributed by atoms with van der Waals surface area (Å²) in [5.41, 5.74) is 4.16. The first-order chi connectivity index (χ1) is 7.24. The van der Waals surface area contributed by atoms with Crippen molar-refractivity contribution >= 4 is 11.8 Å². The molecule has 0 atom stereocenters. The van der Waals surface area contributed by atoms with E-state index < -0.39 is 0 Å². The van der Waals surface area contributed by atoms with Crippen LogP contribution in [0.15, 0.2) is 18.2 Å². The van der Waals surface area contributed by atoms with E-state index in [1.165, 1.54) is 28.9 Å². The first kappa shape index (κ1) is 12.6. The normalized spacial score (nSPS) is 10.6. The van der Waals surface area contributed by atoms with Crippen LogP contribution in [0.5, 0.6) is 0 Å². The van der Waals surface area contributed by atoms with E-state index >= 15 is 0 Å². The maximum Gasteiger partial charge on any atom is 0.0208 e. The van der Waals surface area contributed by atoms with E-state index in [9.17, 15) is 0 Å². The Kier molecular flexibility index (Phi) is 5.81. The van der Waals surface area contributed by atoms with E-state index in [1.54, 1.807) is 0 Å². The summed E-state index contributed by atoms with van der Waals surface area (Å²) in [4.78, 5) is 0. The van der Waals surface area contributed by atoms with Gasteiger partial charge < -0.3 is 5.32 Å². The summed E-state index contributed by atoms with van der Waals surface area (Å²) in [5.74, 6) is 1.25. The monoisotopic (exact) mass is 223 g/mol. The summed E-state index contributed by atoms with van der Waals surface area (Å²) in [6.45, 7) is 6.45. The van der Waals surface area contributed by atoms with Gasteiger partial charge >= 0.3 is 0 Å². The fourth-order valence-corrected chi connectivity index (χ4v) is 2.04. The molecule has 0 saturated heterocycles. The van der Waals surface area contributed by atoms with Gasteiger partial charge in [0.05, 0.1) is 0 Å². The predicted molar refractivity (Wildman–Crippen MR) is 70.6 cm³/mol. The fraction of sp³-hybridized carbons (Fsp3) is 0.538. The lowest BCUT2D eigenvalue weighted by molar-refractivity contribution is 0.676. The lowest BCUT2D eigenvalue weighted by Crippen LogP contribution is -2.15. The van der Waals surface area contributed by atoms with Crippen LogP contribution in [0.1, 0.15) is 23.1 Å². The number of rotatable bonds is 6. The molecule has 0 heterocycles. The largest absolute Gasteiger partial charge is 0.313 e. The zero-order chi connectivity index (χ0) is 11.1. The third-order valence-corrected chi connectivity index (χ3v) is 3.21. The lowest BCUT2D eigenvalue weighted by atomic mass is 10.1. The quantitative estimate of drug-likeness (QED) is 0.744. The molecule has 15 heavy (non-hydrogen) atoms. The standard InChI is InChI=1S/C13H21NS/c1-11-5-6-13(12(2)9-11)10-14-7-4-8-15-3/h5-6,9,14H,4,7-8,10H2,1-3H3. The van der Waals surface area contributed by atoms with E-state index in [0.29, 0.717) is 0 Å². The Morgan fingerprint density at radius 3 is 2.73 bits per heavy atom. The number of hydrogen-bond acceptors (Lipinski definition) is 2. The van der Waals surface area contributed by atoms with Crippen LogP contribution in [0.4, 0.5) is 0 Å². The Balaban J connectivity index is 2.31. The third-order valence-electron chi connectivity index (χ3n) is 2.52. The van der Waals surface area contributed by atoms with Crippen LogP contribution >= 0.6 is 11.8 Å². The van der Waals surface area contributed by atoms with Gasteiger partial charge in [0, 0.05) is 6.54 Å². The highest BCUT2D eigenvalue weighted by Crippen LogP contribution is 2.09. The number of benzene rings is 1. The molecule has 0 spiro atoms. The second-order valence-corrected chi connectivity index (χ2v) is 4.94. The summed E-state index contributed by atoms with van der Waals surface area (Å²) in [7, 11) is 0. The smallest absolute Gasteiger partial charge is 0.0208 e. The Morgan fingerprint density at radius 1 is 1.27 bits per heavy atom. The van der Waals surface area contributed by atoms with E-state index in [-0.39, 0.29) is 0 Å². The molecule has 1 nitrogen and oxygen atoms in total. The Bertz CT molecular complexity index is 297. The van der Waals surface area contributed by atoms with Crippen LogP contribution in [0.3, 0.4) is 0 Å². The van der Waals surface area contributed by atoms with Crippen molar-refractivity contribution < 1.29 is 0 Å². The van der Waals surface area contributed by atoms with E-state index in [4.69, 9.17) is 0 Å². The molecule has 1 N–H and O–H groups in total. The molecule has 0 amide bonds. The van der Waals surface area contributed by atoms with E-state index in [0.717, 1.165) is 13.1 Å². The molecule has 2 heteroatoms. The third kappa shape index (κ3) is 4.72. The molecular weight excluding hydrogens is 202 g/mol. The number of hydrogen-bond donors (Lipinski definition) is 1. The Hall–Kier alpha value is -0.470. The summed E-state index contributed by atoms with van der Waals surface area (Å²) in [6, 6.07) is 6.66. The molecule has 0 aromatic heterocycles. The molecule has 0 fully saturated rings. The Morgan fingerprint density at radius 2 is 2.07 bits per heavy atom. The van der Waals surface area contributed by atoms with Crippen LogP contribution in [0.25, 0.3) is 0 Å². The first-order valence-corrected chi connectivity index (χ1v) is 6.89. The summed E-state index contributed by atoms with van der Waals surface area (Å²) < 4.78 is 0. The van der Waals surface area contributed by atoms with Crippen molar-refractivity contribution in [3.63, 3.8) is 0 Å². The van der Waals surface area contributed by atoms with Crippen molar-refractivity contribution in [3.8, 4) is 0 Å². The lowest BCUT2D eigenvalue weighted by Gasteiger charge is -2.08. The van der Waals surface area contributed by atoms with Gasteiger partial charge in [-0.2, -0.15) is 11.8 Å². The van der Waals surface area contributed by atoms with E-state index in [1.807, 2.05) is 11.8 Å². The van der Waals surface area contributed by atoms with Gasteiger partial charge in [-0.25, -0.2) is 0 Å². The van der Waals surface area contributed by atoms with Gasteiger partial charge in [0.1, 0.15) is 0 Å². The topological polar surface area (TPSA) is 12.0 Å². The molecule has 0 saturated carbocycles. The highest BCUT2D eigenvalue weighted by atomic mass is 32.2. The summed E-state index contributed by atoms with van der Waals surface area (Å²) >= 11 is 1.91.